The van der Waals surface area contributed by atoms with E-state index < -0.39 is 17.7 Å². The van der Waals surface area contributed by atoms with Gasteiger partial charge in [0.1, 0.15) is 11.3 Å². The highest BCUT2D eigenvalue weighted by molar-refractivity contribution is 6.03. The number of alkyl carbamates (subject to hydrolysis) is 1. The molecule has 0 saturated heterocycles. The van der Waals surface area contributed by atoms with Crippen LogP contribution >= 0.6 is 0 Å². The number of ether oxygens (including phenoxy) is 2. The van der Waals surface area contributed by atoms with Crippen molar-refractivity contribution in [3.05, 3.63) is 35.4 Å². The lowest BCUT2D eigenvalue weighted by Crippen LogP contribution is -2.35. The maximum atomic E-state index is 11.6. The van der Waals surface area contributed by atoms with Gasteiger partial charge in [-0.3, -0.25) is 0 Å². The Labute approximate surface area is 135 Å². The van der Waals surface area contributed by atoms with Crippen LogP contribution in [-0.2, 0) is 9.47 Å². The first-order chi connectivity index (χ1) is 10.8. The van der Waals surface area contributed by atoms with Gasteiger partial charge in [0.2, 0.25) is 0 Å². The van der Waals surface area contributed by atoms with Crippen molar-refractivity contribution in [1.82, 2.24) is 5.32 Å². The number of nitrogens with zero attached hydrogens (tertiary/aromatic N) is 1. The molecule has 0 fully saturated rings. The smallest absolute Gasteiger partial charge is 0.407 e. The van der Waals surface area contributed by atoms with Gasteiger partial charge >= 0.3 is 12.1 Å². The quantitative estimate of drug-likeness (QED) is 0.376. The average Bonchev–Trinajstić information content (AvgIpc) is 2.47. The molecule has 23 heavy (non-hydrogen) atoms. The summed E-state index contributed by atoms with van der Waals surface area (Å²) in [5.74, 6) is -0.423. The van der Waals surface area contributed by atoms with E-state index >= 15 is 0 Å². The van der Waals surface area contributed by atoms with Gasteiger partial charge in [-0.15, -0.1) is 0 Å². The van der Waals surface area contributed by atoms with Gasteiger partial charge in [0.15, 0.2) is 0 Å². The molecule has 126 valence electrons. The van der Waals surface area contributed by atoms with Crippen molar-refractivity contribution < 1.29 is 24.3 Å². The van der Waals surface area contributed by atoms with Crippen LogP contribution in [0.1, 0.15) is 43.6 Å². The number of carbonyl (C=O) groups is 2. The van der Waals surface area contributed by atoms with E-state index in [0.717, 1.165) is 0 Å². The summed E-state index contributed by atoms with van der Waals surface area (Å²) in [6.45, 7) is 7.27. The molecule has 0 heterocycles. The van der Waals surface area contributed by atoms with E-state index in [2.05, 4.69) is 10.5 Å². The SMILES string of the molecule is CCOC(=O)c1ccc(C(CNC(=O)OC(C)(C)C)=NO)cc1. The van der Waals surface area contributed by atoms with Crippen molar-refractivity contribution in [2.45, 2.75) is 33.3 Å². The third-order valence-electron chi connectivity index (χ3n) is 2.65. The summed E-state index contributed by atoms with van der Waals surface area (Å²) in [4.78, 5) is 23.2. The van der Waals surface area contributed by atoms with Gasteiger partial charge in [-0.2, -0.15) is 0 Å². The molecule has 0 aliphatic heterocycles. The Morgan fingerprint density at radius 3 is 2.22 bits per heavy atom. The minimum atomic E-state index is -0.609. The maximum Gasteiger partial charge on any atom is 0.407 e. The molecule has 0 bridgehead atoms. The molecule has 0 radical (unpaired) electrons. The molecule has 1 aromatic carbocycles. The number of amides is 1. The van der Waals surface area contributed by atoms with Crippen LogP contribution in [0.3, 0.4) is 0 Å². The second-order valence-corrected chi connectivity index (χ2v) is 5.70. The molecule has 7 heteroatoms. The number of carbonyl (C=O) groups excluding carboxylic acids is 2. The lowest BCUT2D eigenvalue weighted by atomic mass is 10.1. The van der Waals surface area contributed by atoms with Crippen molar-refractivity contribution in [2.24, 2.45) is 5.16 Å². The molecule has 2 N–H and O–H groups in total. The van der Waals surface area contributed by atoms with Crippen molar-refractivity contribution in [2.75, 3.05) is 13.2 Å². The Balaban J connectivity index is 2.68. The van der Waals surface area contributed by atoms with Gasteiger partial charge in [-0.05, 0) is 39.8 Å². The summed E-state index contributed by atoms with van der Waals surface area (Å²) < 4.78 is 9.99. The molecular formula is C16H22N2O5. The van der Waals surface area contributed by atoms with E-state index in [-0.39, 0.29) is 12.3 Å². The largest absolute Gasteiger partial charge is 0.462 e. The molecule has 7 nitrogen and oxygen atoms in total. The van der Waals surface area contributed by atoms with Gasteiger partial charge < -0.3 is 20.0 Å². The molecule has 0 aliphatic carbocycles. The van der Waals surface area contributed by atoms with Crippen molar-refractivity contribution in [3.8, 4) is 0 Å². The van der Waals surface area contributed by atoms with Crippen LogP contribution in [0.2, 0.25) is 0 Å². The summed E-state index contributed by atoms with van der Waals surface area (Å²) in [5.41, 5.74) is 0.595. The molecule has 0 atom stereocenters. The second-order valence-electron chi connectivity index (χ2n) is 5.70. The zero-order valence-electron chi connectivity index (χ0n) is 13.8. The van der Waals surface area contributed by atoms with Crippen LogP contribution in [0.5, 0.6) is 0 Å². The van der Waals surface area contributed by atoms with Crippen molar-refractivity contribution >= 4 is 17.8 Å². The fourth-order valence-electron chi connectivity index (χ4n) is 1.68. The third kappa shape index (κ3) is 6.37. The maximum absolute atomic E-state index is 11.6. The van der Waals surface area contributed by atoms with Gasteiger partial charge in [0, 0.05) is 5.56 Å². The van der Waals surface area contributed by atoms with E-state index in [1.165, 1.54) is 0 Å². The summed E-state index contributed by atoms with van der Waals surface area (Å²) in [5, 5.41) is 14.8. The summed E-state index contributed by atoms with van der Waals surface area (Å²) in [6, 6.07) is 6.34. The van der Waals surface area contributed by atoms with Crippen molar-refractivity contribution in [1.29, 1.82) is 0 Å². The molecule has 0 spiro atoms. The molecule has 1 aromatic rings. The average molecular weight is 322 g/mol. The lowest BCUT2D eigenvalue weighted by molar-refractivity contribution is 0.0520. The summed E-state index contributed by atoms with van der Waals surface area (Å²) >= 11 is 0. The fraction of sp³-hybridized carbons (Fsp3) is 0.438. The Morgan fingerprint density at radius 1 is 1.17 bits per heavy atom. The summed E-state index contributed by atoms with van der Waals surface area (Å²) in [6.07, 6.45) is -0.609. The van der Waals surface area contributed by atoms with Crippen LogP contribution in [0.15, 0.2) is 29.4 Å². The van der Waals surface area contributed by atoms with E-state index in [0.29, 0.717) is 17.7 Å². The molecule has 1 amide bonds. The van der Waals surface area contributed by atoms with Crippen LogP contribution in [-0.4, -0.2) is 41.7 Å². The van der Waals surface area contributed by atoms with E-state index in [4.69, 9.17) is 14.7 Å². The second kappa shape index (κ2) is 8.17. The van der Waals surface area contributed by atoms with E-state index in [1.807, 2.05) is 0 Å². The minimum absolute atomic E-state index is 0.00976. The highest BCUT2D eigenvalue weighted by Crippen LogP contribution is 2.09. The van der Waals surface area contributed by atoms with E-state index in [9.17, 15) is 9.59 Å². The number of hydrogen-bond acceptors (Lipinski definition) is 6. The Bertz CT molecular complexity index is 573. The first-order valence-electron chi connectivity index (χ1n) is 7.22. The Kier molecular flexibility index (Phi) is 6.56. The molecule has 0 saturated carbocycles. The molecule has 0 aromatic heterocycles. The molecule has 0 aliphatic rings. The standard InChI is InChI=1S/C16H22N2O5/c1-5-22-14(19)12-8-6-11(7-9-12)13(18-21)10-17-15(20)23-16(2,3)4/h6-9,21H,5,10H2,1-4H3,(H,17,20). The van der Waals surface area contributed by atoms with Gasteiger partial charge in [0.25, 0.3) is 0 Å². The monoisotopic (exact) mass is 322 g/mol. The topological polar surface area (TPSA) is 97.2 Å². The van der Waals surface area contributed by atoms with Crippen LogP contribution in [0, 0.1) is 0 Å². The fourth-order valence-corrected chi connectivity index (χ4v) is 1.68. The first-order valence-corrected chi connectivity index (χ1v) is 7.22. The zero-order valence-corrected chi connectivity index (χ0v) is 13.8. The predicted molar refractivity (Wildman–Crippen MR) is 85.0 cm³/mol. The molecule has 0 unspecified atom stereocenters. The zero-order chi connectivity index (χ0) is 17.5. The van der Waals surface area contributed by atoms with Gasteiger partial charge in [-0.1, -0.05) is 17.3 Å². The van der Waals surface area contributed by atoms with Crippen LogP contribution in [0.4, 0.5) is 4.79 Å². The molecule has 1 rings (SSSR count). The summed E-state index contributed by atoms with van der Waals surface area (Å²) in [7, 11) is 0. The normalized spacial score (nSPS) is 11.7. The Morgan fingerprint density at radius 2 is 1.74 bits per heavy atom. The predicted octanol–water partition coefficient (Wildman–Crippen LogP) is 2.57. The van der Waals surface area contributed by atoms with Gasteiger partial charge in [-0.25, -0.2) is 9.59 Å². The van der Waals surface area contributed by atoms with E-state index in [1.54, 1.807) is 52.0 Å². The number of hydrogen-bond donors (Lipinski definition) is 2. The van der Waals surface area contributed by atoms with Gasteiger partial charge in [0.05, 0.1) is 18.7 Å². The Hall–Kier alpha value is -2.57. The molecular weight excluding hydrogens is 300 g/mol. The highest BCUT2D eigenvalue weighted by Gasteiger charge is 2.17. The first kappa shape index (κ1) is 18.5. The van der Waals surface area contributed by atoms with Crippen LogP contribution < -0.4 is 5.32 Å². The number of benzene rings is 1. The van der Waals surface area contributed by atoms with Crippen molar-refractivity contribution in [3.63, 3.8) is 0 Å². The number of oxime groups is 1. The lowest BCUT2D eigenvalue weighted by Gasteiger charge is -2.19. The number of rotatable bonds is 5. The third-order valence-corrected chi connectivity index (χ3v) is 2.65. The minimum Gasteiger partial charge on any atom is -0.462 e. The highest BCUT2D eigenvalue weighted by atomic mass is 16.6. The van der Waals surface area contributed by atoms with Crippen LogP contribution in [0.25, 0.3) is 0 Å². The number of nitrogens with one attached hydrogen (secondary N) is 1. The number of esters is 1.